The Balaban J connectivity index is 0.000000248. The Morgan fingerprint density at radius 2 is 1.79 bits per heavy atom. The Morgan fingerprint density at radius 1 is 1.09 bits per heavy atom. The van der Waals surface area contributed by atoms with Gasteiger partial charge in [-0.25, -0.2) is 9.78 Å². The molecule has 0 unspecified atom stereocenters. The molecule has 10 heteroatoms. The molecule has 34 heavy (non-hydrogen) atoms. The second kappa shape index (κ2) is 10.6. The third-order valence-corrected chi connectivity index (χ3v) is 5.18. The van der Waals surface area contributed by atoms with Crippen LogP contribution in [0.1, 0.15) is 43.1 Å². The Morgan fingerprint density at radius 3 is 2.41 bits per heavy atom. The summed E-state index contributed by atoms with van der Waals surface area (Å²) in [5, 5.41) is 9.64. The number of anilines is 1. The van der Waals surface area contributed by atoms with E-state index in [0.29, 0.717) is 28.7 Å². The molecule has 0 bridgehead atoms. The maximum absolute atomic E-state index is 12.2. The summed E-state index contributed by atoms with van der Waals surface area (Å²) in [4.78, 5) is 51.2. The van der Waals surface area contributed by atoms with E-state index in [1.165, 1.54) is 48.5 Å². The van der Waals surface area contributed by atoms with Crippen molar-refractivity contribution in [3.63, 3.8) is 0 Å². The molecule has 1 aliphatic rings. The van der Waals surface area contributed by atoms with Gasteiger partial charge in [-0.05, 0) is 42.0 Å². The molecule has 2 aromatic carbocycles. The first kappa shape index (κ1) is 24.4. The van der Waals surface area contributed by atoms with Crippen LogP contribution in [0.5, 0.6) is 5.88 Å². The van der Waals surface area contributed by atoms with Crippen LogP contribution in [0.3, 0.4) is 0 Å². The monoisotopic (exact) mass is 481 g/mol. The summed E-state index contributed by atoms with van der Waals surface area (Å²) in [5.74, 6) is -1.87. The Labute approximate surface area is 199 Å². The number of nitrogens with two attached hydrogens (primary N) is 1. The zero-order chi connectivity index (χ0) is 24.8. The van der Waals surface area contributed by atoms with E-state index in [2.05, 4.69) is 4.98 Å². The van der Waals surface area contributed by atoms with Gasteiger partial charge in [-0.1, -0.05) is 23.7 Å². The Hall–Kier alpha value is -4.24. The van der Waals surface area contributed by atoms with E-state index >= 15 is 0 Å². The summed E-state index contributed by atoms with van der Waals surface area (Å²) >= 11 is 5.85. The van der Waals surface area contributed by atoms with E-state index < -0.39 is 11.9 Å². The van der Waals surface area contributed by atoms with Crippen LogP contribution in [0.2, 0.25) is 5.02 Å². The number of halogens is 1. The zero-order valence-electron chi connectivity index (χ0n) is 18.0. The fourth-order valence-corrected chi connectivity index (χ4v) is 3.34. The molecule has 3 aromatic rings. The molecule has 0 aliphatic carbocycles. The number of ketones is 1. The van der Waals surface area contributed by atoms with Crippen LogP contribution in [-0.2, 0) is 11.3 Å². The topological polar surface area (TPSA) is 140 Å². The average molecular weight is 482 g/mol. The van der Waals surface area contributed by atoms with E-state index in [-0.39, 0.29) is 29.2 Å². The normalized spacial score (nSPS) is 12.4. The van der Waals surface area contributed by atoms with Crippen molar-refractivity contribution in [2.24, 2.45) is 5.73 Å². The minimum absolute atomic E-state index is 0.0258. The lowest BCUT2D eigenvalue weighted by atomic mass is 9.97. The number of ether oxygens (including phenoxy) is 1. The maximum atomic E-state index is 12.2. The van der Waals surface area contributed by atoms with Gasteiger partial charge in [-0.3, -0.25) is 14.4 Å². The van der Waals surface area contributed by atoms with Crippen molar-refractivity contribution in [1.29, 1.82) is 0 Å². The predicted octanol–water partition coefficient (Wildman–Crippen LogP) is 3.35. The van der Waals surface area contributed by atoms with Gasteiger partial charge in [0.25, 0.3) is 0 Å². The van der Waals surface area contributed by atoms with E-state index in [9.17, 15) is 19.2 Å². The smallest absolute Gasteiger partial charge is 0.335 e. The number of carboxylic acids is 1. The minimum atomic E-state index is -1.11. The van der Waals surface area contributed by atoms with Crippen molar-refractivity contribution in [3.05, 3.63) is 88.1 Å². The fraction of sp³-hybridized carbons (Fsp3) is 0.125. The molecule has 0 radical (unpaired) electrons. The quantitative estimate of drug-likeness (QED) is 0.532. The third kappa shape index (κ3) is 5.76. The zero-order valence-corrected chi connectivity index (χ0v) is 18.8. The van der Waals surface area contributed by atoms with E-state index in [1.54, 1.807) is 24.3 Å². The summed E-state index contributed by atoms with van der Waals surface area (Å²) < 4.78 is 4.79. The summed E-state index contributed by atoms with van der Waals surface area (Å²) in [6, 6.07) is 14.3. The number of carbonyl (C=O) groups excluding carboxylic acids is 3. The average Bonchev–Trinajstić information content (AvgIpc) is 2.83. The molecule has 1 aliphatic heterocycles. The number of aromatic carboxylic acids is 1. The van der Waals surface area contributed by atoms with Gasteiger partial charge >= 0.3 is 5.97 Å². The Bertz CT molecular complexity index is 1260. The molecule has 2 heterocycles. The fourth-order valence-electron chi connectivity index (χ4n) is 3.21. The van der Waals surface area contributed by atoms with Gasteiger partial charge in [0, 0.05) is 28.4 Å². The van der Waals surface area contributed by atoms with Gasteiger partial charge in [0.2, 0.25) is 17.7 Å². The molecule has 0 spiro atoms. The Kier molecular flexibility index (Phi) is 7.60. The number of aromatic nitrogens is 1. The second-order valence-corrected chi connectivity index (χ2v) is 7.63. The molecule has 2 amide bonds. The molecule has 9 nitrogen and oxygen atoms in total. The number of primary amides is 1. The highest BCUT2D eigenvalue weighted by Crippen LogP contribution is 2.30. The highest BCUT2D eigenvalue weighted by molar-refractivity contribution is 6.30. The molecule has 0 saturated heterocycles. The minimum Gasteiger partial charge on any atom is -0.481 e. The first-order valence-corrected chi connectivity index (χ1v) is 10.3. The first-order valence-electron chi connectivity index (χ1n) is 9.94. The van der Waals surface area contributed by atoms with E-state index in [0.717, 1.165) is 5.56 Å². The molecule has 0 saturated carbocycles. The van der Waals surface area contributed by atoms with Crippen LogP contribution in [0.25, 0.3) is 0 Å². The lowest BCUT2D eigenvalue weighted by molar-refractivity contribution is -0.118. The number of carbonyl (C=O) groups is 4. The number of nitrogens with zero attached hydrogens (tertiary/aromatic N) is 2. The number of Topliss-reactive ketones (excluding diaryl/α,β-unsaturated/α-hetero) is 1. The number of hydrogen-bond acceptors (Lipinski definition) is 6. The number of benzene rings is 2. The largest absolute Gasteiger partial charge is 0.481 e. The van der Waals surface area contributed by atoms with Crippen LogP contribution < -0.4 is 15.4 Å². The summed E-state index contributed by atoms with van der Waals surface area (Å²) in [6.45, 7) is 0.294. The molecular formula is C24H20ClN3O6. The molecule has 4 rings (SSSR count). The van der Waals surface area contributed by atoms with Crippen molar-refractivity contribution < 1.29 is 29.0 Å². The second-order valence-electron chi connectivity index (χ2n) is 7.19. The van der Waals surface area contributed by atoms with E-state index in [1.807, 2.05) is 0 Å². The highest BCUT2D eigenvalue weighted by Gasteiger charge is 2.30. The van der Waals surface area contributed by atoms with Crippen molar-refractivity contribution in [3.8, 4) is 5.88 Å². The van der Waals surface area contributed by atoms with Gasteiger partial charge in [0.15, 0.2) is 5.78 Å². The van der Waals surface area contributed by atoms with Crippen LogP contribution in [0, 0.1) is 0 Å². The van der Waals surface area contributed by atoms with Crippen LogP contribution >= 0.6 is 11.6 Å². The summed E-state index contributed by atoms with van der Waals surface area (Å²) in [5.41, 5.74) is 7.01. The van der Waals surface area contributed by atoms with Crippen LogP contribution in [0.15, 0.2) is 60.8 Å². The van der Waals surface area contributed by atoms with Crippen molar-refractivity contribution in [2.75, 3.05) is 12.0 Å². The van der Waals surface area contributed by atoms with Crippen LogP contribution in [-0.4, -0.2) is 40.8 Å². The lowest BCUT2D eigenvalue weighted by Gasteiger charge is -2.29. The van der Waals surface area contributed by atoms with Crippen molar-refractivity contribution in [2.45, 2.75) is 13.0 Å². The van der Waals surface area contributed by atoms with Gasteiger partial charge in [-0.2, -0.15) is 0 Å². The van der Waals surface area contributed by atoms with Gasteiger partial charge in [0.05, 0.1) is 31.3 Å². The van der Waals surface area contributed by atoms with Crippen molar-refractivity contribution >= 4 is 40.9 Å². The van der Waals surface area contributed by atoms with Gasteiger partial charge in [0.1, 0.15) is 0 Å². The number of amides is 2. The van der Waals surface area contributed by atoms with Crippen molar-refractivity contribution in [1.82, 2.24) is 4.98 Å². The first-order chi connectivity index (χ1) is 16.2. The van der Waals surface area contributed by atoms with Crippen LogP contribution in [0.4, 0.5) is 5.69 Å². The van der Waals surface area contributed by atoms with Gasteiger partial charge in [-0.15, -0.1) is 0 Å². The SMILES string of the molecule is COc1cc(C(N)=O)ccn1.O=C(O)c1ccc2c(c1)C(=O)CC(=O)N2Cc1ccc(Cl)cc1. The number of methoxy groups -OCH3 is 1. The summed E-state index contributed by atoms with van der Waals surface area (Å²) in [6.07, 6.45) is 1.21. The number of fused-ring (bicyclic) bond motifs is 1. The lowest BCUT2D eigenvalue weighted by Crippen LogP contribution is -2.37. The third-order valence-electron chi connectivity index (χ3n) is 4.93. The standard InChI is InChI=1S/C17H12ClNO4.C7H8N2O2/c18-12-4-1-10(2-5-12)9-19-14-6-3-11(17(22)23)7-13(14)15(20)8-16(19)21;1-11-6-4-5(7(8)10)2-3-9-6/h1-7H,8-9H2,(H,22,23);2-4H,1H3,(H2,8,10). The van der Waals surface area contributed by atoms with Gasteiger partial charge < -0.3 is 20.5 Å². The number of carboxylic acid groups (broad SMARTS) is 1. The van der Waals surface area contributed by atoms with E-state index in [4.69, 9.17) is 27.2 Å². The number of hydrogen-bond donors (Lipinski definition) is 2. The maximum Gasteiger partial charge on any atom is 0.335 e. The summed E-state index contributed by atoms with van der Waals surface area (Å²) in [7, 11) is 1.48. The molecule has 174 valence electrons. The number of pyridine rings is 1. The highest BCUT2D eigenvalue weighted by atomic mass is 35.5. The molecule has 3 N–H and O–H groups in total. The molecule has 0 fully saturated rings. The predicted molar refractivity (Wildman–Crippen MR) is 124 cm³/mol. The number of rotatable bonds is 5. The molecule has 1 aromatic heterocycles. The molecule has 0 atom stereocenters. The molecular weight excluding hydrogens is 462 g/mol.